The van der Waals surface area contributed by atoms with Crippen molar-refractivity contribution in [3.8, 4) is 0 Å². The summed E-state index contributed by atoms with van der Waals surface area (Å²) < 4.78 is 5.01. The maximum Gasteiger partial charge on any atom is 0.289 e. The van der Waals surface area contributed by atoms with Crippen LogP contribution in [0.5, 0.6) is 0 Å². The molecule has 0 unspecified atom stereocenters. The molecule has 1 N–H and O–H groups in total. The zero-order valence-corrected chi connectivity index (χ0v) is 12.7. The van der Waals surface area contributed by atoms with Gasteiger partial charge in [0, 0.05) is 12.6 Å². The van der Waals surface area contributed by atoms with Crippen LogP contribution in [0, 0.1) is 30.1 Å². The van der Waals surface area contributed by atoms with Gasteiger partial charge in [0.1, 0.15) is 0 Å². The van der Waals surface area contributed by atoms with Crippen molar-refractivity contribution in [3.05, 3.63) is 17.5 Å². The molecule has 4 aliphatic carbocycles. The first-order chi connectivity index (χ1) is 10.1. The zero-order valence-electron chi connectivity index (χ0n) is 12.7. The predicted octanol–water partition coefficient (Wildman–Crippen LogP) is 3.32. The maximum atomic E-state index is 12.0. The van der Waals surface area contributed by atoms with E-state index < -0.39 is 0 Å². The average molecular weight is 288 g/mol. The van der Waals surface area contributed by atoms with E-state index in [1.807, 2.05) is 6.92 Å². The maximum absolute atomic E-state index is 12.0. The number of aryl methyl sites for hydroxylation is 1. The standard InChI is InChI=1S/C17H24N2O2/c1-11-4-15(21-19-11)16(20)18-3-2-17-8-12-5-13(9-17)7-14(6-12)10-17/h4,12-14H,2-3,5-10H2,1H3,(H,18,20). The molecule has 4 nitrogen and oxygen atoms in total. The summed E-state index contributed by atoms with van der Waals surface area (Å²) in [5.74, 6) is 3.13. The Morgan fingerprint density at radius 1 is 1.29 bits per heavy atom. The number of nitrogens with zero attached hydrogens (tertiary/aromatic N) is 1. The predicted molar refractivity (Wildman–Crippen MR) is 78.8 cm³/mol. The van der Waals surface area contributed by atoms with Crippen molar-refractivity contribution in [1.29, 1.82) is 0 Å². The van der Waals surface area contributed by atoms with Gasteiger partial charge in [0.25, 0.3) is 5.91 Å². The number of amides is 1. The Hall–Kier alpha value is -1.32. The zero-order chi connectivity index (χ0) is 14.4. The number of carbonyl (C=O) groups is 1. The number of rotatable bonds is 4. The van der Waals surface area contributed by atoms with Crippen molar-refractivity contribution >= 4 is 5.91 Å². The van der Waals surface area contributed by atoms with Crippen LogP contribution in [0.15, 0.2) is 10.6 Å². The molecule has 0 atom stereocenters. The highest BCUT2D eigenvalue weighted by Gasteiger charge is 2.50. The monoisotopic (exact) mass is 288 g/mol. The summed E-state index contributed by atoms with van der Waals surface area (Å²) in [7, 11) is 0. The first kappa shape index (κ1) is 13.4. The molecule has 5 rings (SSSR count). The minimum Gasteiger partial charge on any atom is -0.351 e. The molecule has 0 radical (unpaired) electrons. The van der Waals surface area contributed by atoms with Gasteiger partial charge in [-0.1, -0.05) is 5.16 Å². The van der Waals surface area contributed by atoms with Gasteiger partial charge in [0.15, 0.2) is 0 Å². The third kappa shape index (κ3) is 2.49. The van der Waals surface area contributed by atoms with Crippen LogP contribution in [0.25, 0.3) is 0 Å². The molecule has 4 saturated carbocycles. The molecule has 21 heavy (non-hydrogen) atoms. The lowest BCUT2D eigenvalue weighted by Gasteiger charge is -2.57. The van der Waals surface area contributed by atoms with E-state index in [4.69, 9.17) is 4.52 Å². The summed E-state index contributed by atoms with van der Waals surface area (Å²) >= 11 is 0. The van der Waals surface area contributed by atoms with Gasteiger partial charge in [-0.2, -0.15) is 0 Å². The minimum atomic E-state index is -0.125. The SMILES string of the molecule is Cc1cc(C(=O)NCCC23CC4CC(CC(C4)C2)C3)on1. The van der Waals surface area contributed by atoms with Gasteiger partial charge in [-0.25, -0.2) is 0 Å². The molecule has 114 valence electrons. The topological polar surface area (TPSA) is 55.1 Å². The molecule has 1 aromatic heterocycles. The van der Waals surface area contributed by atoms with Gasteiger partial charge in [0.05, 0.1) is 5.69 Å². The molecule has 4 aliphatic rings. The van der Waals surface area contributed by atoms with Crippen LogP contribution in [-0.2, 0) is 0 Å². The summed E-state index contributed by atoms with van der Waals surface area (Å²) in [6, 6.07) is 1.69. The minimum absolute atomic E-state index is 0.125. The number of carbonyl (C=O) groups excluding carboxylic acids is 1. The van der Waals surface area contributed by atoms with Crippen LogP contribution in [0.2, 0.25) is 0 Å². The van der Waals surface area contributed by atoms with Gasteiger partial charge in [-0.15, -0.1) is 0 Å². The smallest absolute Gasteiger partial charge is 0.289 e. The quantitative estimate of drug-likeness (QED) is 0.924. The highest BCUT2D eigenvalue weighted by atomic mass is 16.5. The van der Waals surface area contributed by atoms with Crippen molar-refractivity contribution in [2.75, 3.05) is 6.54 Å². The third-order valence-electron chi connectivity index (χ3n) is 5.96. The Kier molecular flexibility index (Phi) is 3.09. The normalized spacial score (nSPS) is 36.9. The first-order valence-corrected chi connectivity index (χ1v) is 8.33. The molecular weight excluding hydrogens is 264 g/mol. The third-order valence-corrected chi connectivity index (χ3v) is 5.96. The molecule has 1 aromatic rings. The number of aromatic nitrogens is 1. The van der Waals surface area contributed by atoms with Gasteiger partial charge >= 0.3 is 0 Å². The van der Waals surface area contributed by atoms with Crippen molar-refractivity contribution in [3.63, 3.8) is 0 Å². The molecule has 1 heterocycles. The van der Waals surface area contributed by atoms with E-state index in [0.717, 1.165) is 36.4 Å². The summed E-state index contributed by atoms with van der Waals surface area (Å²) in [6.45, 7) is 2.60. The van der Waals surface area contributed by atoms with Crippen LogP contribution in [-0.4, -0.2) is 17.6 Å². The Bertz CT molecular complexity index is 513. The van der Waals surface area contributed by atoms with Crippen molar-refractivity contribution < 1.29 is 9.32 Å². The van der Waals surface area contributed by atoms with E-state index in [2.05, 4.69) is 10.5 Å². The van der Waals surface area contributed by atoms with Crippen molar-refractivity contribution in [1.82, 2.24) is 10.5 Å². The summed E-state index contributed by atoms with van der Waals surface area (Å²) in [6.07, 6.45) is 9.76. The molecule has 0 aromatic carbocycles. The first-order valence-electron chi connectivity index (χ1n) is 8.33. The molecule has 0 saturated heterocycles. The Morgan fingerprint density at radius 3 is 2.43 bits per heavy atom. The lowest BCUT2D eigenvalue weighted by molar-refractivity contribution is -0.0564. The highest BCUT2D eigenvalue weighted by Crippen LogP contribution is 2.61. The summed E-state index contributed by atoms with van der Waals surface area (Å²) in [4.78, 5) is 12.0. The number of hydrogen-bond donors (Lipinski definition) is 1. The van der Waals surface area contributed by atoms with Crippen LogP contribution in [0.4, 0.5) is 0 Å². The van der Waals surface area contributed by atoms with Crippen LogP contribution >= 0.6 is 0 Å². The Morgan fingerprint density at radius 2 is 1.90 bits per heavy atom. The lowest BCUT2D eigenvalue weighted by Crippen LogP contribution is -2.47. The molecule has 4 fully saturated rings. The fourth-order valence-corrected chi connectivity index (χ4v) is 5.60. The second-order valence-electron chi connectivity index (χ2n) is 7.76. The van der Waals surface area contributed by atoms with Gasteiger partial charge in [0.2, 0.25) is 5.76 Å². The van der Waals surface area contributed by atoms with Crippen LogP contribution in [0.1, 0.15) is 61.2 Å². The van der Waals surface area contributed by atoms with Gasteiger partial charge < -0.3 is 9.84 Å². The molecule has 4 bridgehead atoms. The number of nitrogens with one attached hydrogen (secondary N) is 1. The average Bonchev–Trinajstić information content (AvgIpc) is 2.83. The summed E-state index contributed by atoms with van der Waals surface area (Å²) in [5.41, 5.74) is 1.28. The lowest BCUT2D eigenvalue weighted by atomic mass is 9.49. The van der Waals surface area contributed by atoms with E-state index in [0.29, 0.717) is 11.2 Å². The van der Waals surface area contributed by atoms with E-state index >= 15 is 0 Å². The van der Waals surface area contributed by atoms with Crippen molar-refractivity contribution in [2.45, 2.75) is 51.9 Å². The second-order valence-corrected chi connectivity index (χ2v) is 7.76. The van der Waals surface area contributed by atoms with Crippen LogP contribution < -0.4 is 5.32 Å². The van der Waals surface area contributed by atoms with Gasteiger partial charge in [-0.05, 0) is 75.0 Å². The summed E-state index contributed by atoms with van der Waals surface area (Å²) in [5, 5.41) is 6.78. The van der Waals surface area contributed by atoms with E-state index in [1.165, 1.54) is 38.5 Å². The van der Waals surface area contributed by atoms with E-state index in [-0.39, 0.29) is 5.91 Å². The van der Waals surface area contributed by atoms with Crippen LogP contribution in [0.3, 0.4) is 0 Å². The molecule has 0 spiro atoms. The largest absolute Gasteiger partial charge is 0.351 e. The van der Waals surface area contributed by atoms with Gasteiger partial charge in [-0.3, -0.25) is 4.79 Å². The van der Waals surface area contributed by atoms with E-state index in [9.17, 15) is 4.79 Å². The fraction of sp³-hybridized carbons (Fsp3) is 0.765. The second kappa shape index (κ2) is 4.85. The van der Waals surface area contributed by atoms with E-state index in [1.54, 1.807) is 6.07 Å². The Balaban J connectivity index is 1.34. The molecule has 0 aliphatic heterocycles. The molecule has 1 amide bonds. The van der Waals surface area contributed by atoms with Crippen molar-refractivity contribution in [2.24, 2.45) is 23.2 Å². The number of hydrogen-bond acceptors (Lipinski definition) is 3. The fourth-order valence-electron chi connectivity index (χ4n) is 5.60. The molecule has 4 heteroatoms. The molecular formula is C17H24N2O2. The Labute approximate surface area is 125 Å². The highest BCUT2D eigenvalue weighted by molar-refractivity contribution is 5.91.